The summed E-state index contributed by atoms with van der Waals surface area (Å²) in [6.45, 7) is -0.111. The largest absolute Gasteiger partial charge is 0.445 e. The Hall–Kier alpha value is -4.60. The summed E-state index contributed by atoms with van der Waals surface area (Å²) < 4.78 is 35.3. The molecule has 40 heavy (non-hydrogen) atoms. The van der Waals surface area contributed by atoms with Crippen molar-refractivity contribution in [2.45, 2.75) is 50.3 Å². The van der Waals surface area contributed by atoms with Crippen molar-refractivity contribution >= 4 is 23.7 Å². The Bertz CT molecular complexity index is 1270. The molecule has 210 valence electrons. The minimum atomic E-state index is -3.76. The van der Waals surface area contributed by atoms with Gasteiger partial charge in [0.05, 0.1) is 12.5 Å². The number of alkyl carbamates (subject to hydrolysis) is 1. The van der Waals surface area contributed by atoms with E-state index in [0.717, 1.165) is 0 Å². The second-order valence-electron chi connectivity index (χ2n) is 9.23. The average Bonchev–Trinajstić information content (AvgIpc) is 2.95. The molecule has 3 rings (SSSR count). The zero-order chi connectivity index (χ0) is 29.0. The van der Waals surface area contributed by atoms with Gasteiger partial charge in [-0.2, -0.15) is 8.78 Å². The summed E-state index contributed by atoms with van der Waals surface area (Å²) in [5.41, 5.74) is 7.10. The Morgan fingerprint density at radius 1 is 0.750 bits per heavy atom. The lowest BCUT2D eigenvalue weighted by atomic mass is 9.94. The first kappa shape index (κ1) is 29.9. The van der Waals surface area contributed by atoms with Gasteiger partial charge in [-0.15, -0.1) is 0 Å². The van der Waals surface area contributed by atoms with Crippen LogP contribution in [0.1, 0.15) is 29.5 Å². The number of halogens is 2. The van der Waals surface area contributed by atoms with E-state index in [-0.39, 0.29) is 19.4 Å². The average molecular weight is 552 g/mol. The number of hydrogen-bond donors (Lipinski definition) is 3. The summed E-state index contributed by atoms with van der Waals surface area (Å²) in [4.78, 5) is 50.2. The van der Waals surface area contributed by atoms with Crippen molar-refractivity contribution in [3.05, 3.63) is 108 Å². The lowest BCUT2D eigenvalue weighted by Gasteiger charge is -2.25. The number of hydrogen-bond acceptors (Lipinski definition) is 5. The van der Waals surface area contributed by atoms with Gasteiger partial charge in [0.2, 0.25) is 17.6 Å². The molecule has 0 spiro atoms. The summed E-state index contributed by atoms with van der Waals surface area (Å²) in [6, 6.07) is 22.4. The third-order valence-electron chi connectivity index (χ3n) is 6.07. The predicted molar refractivity (Wildman–Crippen MR) is 144 cm³/mol. The third-order valence-corrected chi connectivity index (χ3v) is 6.07. The second-order valence-corrected chi connectivity index (χ2v) is 9.23. The number of Topliss-reactive ketones (excluding diaryl/α,β-unsaturated/α-hetero) is 1. The number of benzene rings is 3. The number of ketones is 1. The molecule has 2 atom stereocenters. The van der Waals surface area contributed by atoms with E-state index in [0.29, 0.717) is 16.7 Å². The monoisotopic (exact) mass is 551 g/mol. The molecule has 0 heterocycles. The van der Waals surface area contributed by atoms with Crippen LogP contribution in [-0.2, 0) is 38.6 Å². The van der Waals surface area contributed by atoms with Crippen molar-refractivity contribution in [1.82, 2.24) is 10.6 Å². The maximum atomic E-state index is 15.1. The van der Waals surface area contributed by atoms with Gasteiger partial charge in [0.1, 0.15) is 12.6 Å². The molecular weight excluding hydrogens is 520 g/mol. The van der Waals surface area contributed by atoms with E-state index < -0.39 is 54.5 Å². The molecule has 0 aliphatic carbocycles. The molecule has 0 aliphatic heterocycles. The fraction of sp³-hybridized carbons (Fsp3) is 0.267. The number of alkyl halides is 2. The van der Waals surface area contributed by atoms with E-state index in [9.17, 15) is 19.2 Å². The highest BCUT2D eigenvalue weighted by Gasteiger charge is 2.43. The maximum absolute atomic E-state index is 15.1. The topological polar surface area (TPSA) is 128 Å². The second kappa shape index (κ2) is 14.5. The zero-order valence-corrected chi connectivity index (χ0v) is 21.7. The molecule has 0 unspecified atom stereocenters. The van der Waals surface area contributed by atoms with Gasteiger partial charge in [0, 0.05) is 6.42 Å². The number of carbonyl (C=O) groups excluding carboxylic acids is 4. The minimum Gasteiger partial charge on any atom is -0.445 e. The lowest BCUT2D eigenvalue weighted by Crippen LogP contribution is -2.55. The first-order valence-electron chi connectivity index (χ1n) is 12.7. The van der Waals surface area contributed by atoms with Crippen LogP contribution < -0.4 is 16.4 Å². The standard InChI is InChI=1S/C30H31F2N3O5/c31-30(32,17-16-21-10-4-1-5-11-21)27(37)24(18-22-12-6-2-7-13-22)34-28(38)25(19-26(33)36)35-29(39)40-20-23-14-8-3-9-15-23/h1-15,24-25H,16-20H2,(H2,33,36)(H,34,38)(H,35,39)/t24-,25-/m0/s1. The first-order valence-corrected chi connectivity index (χ1v) is 12.7. The molecule has 0 saturated heterocycles. The Morgan fingerprint density at radius 3 is 1.82 bits per heavy atom. The normalized spacial score (nSPS) is 12.6. The Morgan fingerprint density at radius 2 is 1.27 bits per heavy atom. The number of primary amides is 1. The van der Waals surface area contributed by atoms with Gasteiger partial charge >= 0.3 is 12.0 Å². The molecule has 3 amide bonds. The van der Waals surface area contributed by atoms with Gasteiger partial charge < -0.3 is 21.1 Å². The molecule has 3 aromatic rings. The van der Waals surface area contributed by atoms with Crippen LogP contribution in [0.15, 0.2) is 91.0 Å². The van der Waals surface area contributed by atoms with Gasteiger partial charge in [-0.3, -0.25) is 14.4 Å². The number of aryl methyl sites for hydroxylation is 1. The molecular formula is C30H31F2N3O5. The molecule has 0 aliphatic rings. The molecule has 0 bridgehead atoms. The minimum absolute atomic E-state index is 0.0509. The molecule has 4 N–H and O–H groups in total. The summed E-state index contributed by atoms with van der Waals surface area (Å²) >= 11 is 0. The predicted octanol–water partition coefficient (Wildman–Crippen LogP) is 3.72. The molecule has 0 saturated carbocycles. The number of ether oxygens (including phenoxy) is 1. The summed E-state index contributed by atoms with van der Waals surface area (Å²) in [7, 11) is 0. The van der Waals surface area contributed by atoms with E-state index in [1.807, 2.05) is 0 Å². The summed E-state index contributed by atoms with van der Waals surface area (Å²) in [5, 5.41) is 4.55. The highest BCUT2D eigenvalue weighted by Crippen LogP contribution is 2.25. The zero-order valence-electron chi connectivity index (χ0n) is 21.7. The maximum Gasteiger partial charge on any atom is 0.408 e. The van der Waals surface area contributed by atoms with Crippen LogP contribution in [0.4, 0.5) is 13.6 Å². The van der Waals surface area contributed by atoms with Crippen LogP contribution in [-0.4, -0.2) is 41.7 Å². The van der Waals surface area contributed by atoms with E-state index in [2.05, 4.69) is 10.6 Å². The lowest BCUT2D eigenvalue weighted by molar-refractivity contribution is -0.147. The van der Waals surface area contributed by atoms with Crippen LogP contribution in [0, 0.1) is 0 Å². The number of carbonyl (C=O) groups is 4. The number of rotatable bonds is 14. The fourth-order valence-corrected chi connectivity index (χ4v) is 3.97. The highest BCUT2D eigenvalue weighted by atomic mass is 19.3. The Balaban J connectivity index is 1.73. The smallest absolute Gasteiger partial charge is 0.408 e. The van der Waals surface area contributed by atoms with Crippen molar-refractivity contribution in [3.63, 3.8) is 0 Å². The quantitative estimate of drug-likeness (QED) is 0.281. The first-order chi connectivity index (χ1) is 19.1. The van der Waals surface area contributed by atoms with Crippen molar-refractivity contribution in [1.29, 1.82) is 0 Å². The SMILES string of the molecule is NC(=O)C[C@H](NC(=O)OCc1ccccc1)C(=O)N[C@@H](Cc1ccccc1)C(=O)C(F)(F)CCc1ccccc1. The molecule has 0 radical (unpaired) electrons. The third kappa shape index (κ3) is 9.61. The molecule has 3 aromatic carbocycles. The van der Waals surface area contributed by atoms with Gasteiger partial charge in [-0.25, -0.2) is 4.79 Å². The van der Waals surface area contributed by atoms with Crippen LogP contribution in [0.2, 0.25) is 0 Å². The summed E-state index contributed by atoms with van der Waals surface area (Å²) in [6.07, 6.45) is -2.70. The van der Waals surface area contributed by atoms with Gasteiger partial charge in [0.15, 0.2) is 0 Å². The van der Waals surface area contributed by atoms with Crippen LogP contribution in [0.5, 0.6) is 0 Å². The van der Waals surface area contributed by atoms with Crippen LogP contribution in [0.25, 0.3) is 0 Å². The number of nitrogens with one attached hydrogen (secondary N) is 2. The van der Waals surface area contributed by atoms with Gasteiger partial charge in [-0.1, -0.05) is 91.0 Å². The van der Waals surface area contributed by atoms with Crippen LogP contribution in [0.3, 0.4) is 0 Å². The Labute approximate surface area is 230 Å². The van der Waals surface area contributed by atoms with E-state index in [1.165, 1.54) is 0 Å². The fourth-order valence-electron chi connectivity index (χ4n) is 3.97. The van der Waals surface area contributed by atoms with Crippen molar-refractivity contribution in [3.8, 4) is 0 Å². The number of amides is 3. The van der Waals surface area contributed by atoms with Gasteiger partial charge in [-0.05, 0) is 29.5 Å². The van der Waals surface area contributed by atoms with Gasteiger partial charge in [0.25, 0.3) is 0 Å². The Kier molecular flexibility index (Phi) is 10.9. The van der Waals surface area contributed by atoms with E-state index >= 15 is 8.78 Å². The van der Waals surface area contributed by atoms with Crippen molar-refractivity contribution in [2.75, 3.05) is 0 Å². The van der Waals surface area contributed by atoms with Crippen molar-refractivity contribution in [2.24, 2.45) is 5.73 Å². The van der Waals surface area contributed by atoms with Crippen molar-refractivity contribution < 1.29 is 32.7 Å². The van der Waals surface area contributed by atoms with E-state index in [4.69, 9.17) is 10.5 Å². The van der Waals surface area contributed by atoms with Crippen LogP contribution >= 0.6 is 0 Å². The number of nitrogens with two attached hydrogens (primary N) is 1. The summed E-state index contributed by atoms with van der Waals surface area (Å²) in [5.74, 6) is -7.19. The molecule has 10 heteroatoms. The molecule has 0 aromatic heterocycles. The van der Waals surface area contributed by atoms with E-state index in [1.54, 1.807) is 91.0 Å². The molecule has 0 fully saturated rings. The molecule has 8 nitrogen and oxygen atoms in total. The highest BCUT2D eigenvalue weighted by molar-refractivity contribution is 5.97.